The number of benzene rings is 1. The smallest absolute Gasteiger partial charge is 0.159 e. The Morgan fingerprint density at radius 1 is 1.20 bits per heavy atom. The van der Waals surface area contributed by atoms with Gasteiger partial charge >= 0.3 is 0 Å². The monoisotopic (exact) mass is 278 g/mol. The summed E-state index contributed by atoms with van der Waals surface area (Å²) in [6.07, 6.45) is 3.65. The molecule has 2 N–H and O–H groups in total. The molecule has 3 nitrogen and oxygen atoms in total. The van der Waals surface area contributed by atoms with E-state index in [1.54, 1.807) is 18.5 Å². The minimum atomic E-state index is -0.865. The molecule has 2 aromatic rings. The molecule has 5 heteroatoms. The number of hydrogen-bond acceptors (Lipinski definition) is 3. The van der Waals surface area contributed by atoms with E-state index in [9.17, 15) is 8.78 Å². The van der Waals surface area contributed by atoms with Crippen LogP contribution in [-0.2, 0) is 6.42 Å². The van der Waals surface area contributed by atoms with Crippen LogP contribution in [0.1, 0.15) is 24.1 Å². The second-order valence-electron chi connectivity index (χ2n) is 4.45. The lowest BCUT2D eigenvalue weighted by Gasteiger charge is -2.13. The van der Waals surface area contributed by atoms with Crippen LogP contribution in [-0.4, -0.2) is 11.6 Å². The van der Waals surface area contributed by atoms with E-state index in [1.165, 1.54) is 6.07 Å². The van der Waals surface area contributed by atoms with Crippen molar-refractivity contribution in [3.63, 3.8) is 0 Å². The highest BCUT2D eigenvalue weighted by atomic mass is 19.2. The molecule has 2 rings (SSSR count). The van der Waals surface area contributed by atoms with Crippen molar-refractivity contribution in [3.8, 4) is 5.75 Å². The van der Waals surface area contributed by atoms with Gasteiger partial charge in [-0.1, -0.05) is 6.07 Å². The van der Waals surface area contributed by atoms with Gasteiger partial charge in [-0.05, 0) is 42.7 Å². The van der Waals surface area contributed by atoms with Crippen molar-refractivity contribution >= 4 is 0 Å². The second-order valence-corrected chi connectivity index (χ2v) is 4.45. The van der Waals surface area contributed by atoms with Crippen molar-refractivity contribution in [2.24, 2.45) is 5.73 Å². The van der Waals surface area contributed by atoms with Crippen LogP contribution in [0.15, 0.2) is 36.7 Å². The van der Waals surface area contributed by atoms with Gasteiger partial charge in [0.1, 0.15) is 5.75 Å². The highest BCUT2D eigenvalue weighted by Gasteiger charge is 2.11. The predicted octanol–water partition coefficient (Wildman–Crippen LogP) is 3.00. The van der Waals surface area contributed by atoms with Crippen LogP contribution in [0.5, 0.6) is 5.75 Å². The molecule has 0 aliphatic rings. The molecule has 0 fully saturated rings. The van der Waals surface area contributed by atoms with E-state index in [0.29, 0.717) is 24.3 Å². The van der Waals surface area contributed by atoms with E-state index in [2.05, 4.69) is 4.98 Å². The quantitative estimate of drug-likeness (QED) is 0.914. The van der Waals surface area contributed by atoms with Gasteiger partial charge in [-0.3, -0.25) is 4.98 Å². The molecule has 0 aliphatic heterocycles. The first-order valence-electron chi connectivity index (χ1n) is 6.37. The summed E-state index contributed by atoms with van der Waals surface area (Å²) in [6, 6.07) is 5.24. The first kappa shape index (κ1) is 14.4. The maximum absolute atomic E-state index is 13.1. The van der Waals surface area contributed by atoms with E-state index in [4.69, 9.17) is 10.5 Å². The van der Waals surface area contributed by atoms with E-state index < -0.39 is 11.6 Å². The van der Waals surface area contributed by atoms with Crippen molar-refractivity contribution < 1.29 is 13.5 Å². The van der Waals surface area contributed by atoms with Crippen molar-refractivity contribution in [2.45, 2.75) is 19.4 Å². The molecule has 20 heavy (non-hydrogen) atoms. The standard InChI is InChI=1S/C15H16F2N2O/c1-2-20-12-7-11(8-19-9-12)15(18)6-10-3-4-13(16)14(17)5-10/h3-5,7-9,15H,2,6,18H2,1H3. The maximum atomic E-state index is 13.1. The highest BCUT2D eigenvalue weighted by Crippen LogP contribution is 2.20. The average Bonchev–Trinajstić information content (AvgIpc) is 2.43. The zero-order valence-corrected chi connectivity index (χ0v) is 11.1. The van der Waals surface area contributed by atoms with Crippen LogP contribution in [0.25, 0.3) is 0 Å². The van der Waals surface area contributed by atoms with Gasteiger partial charge in [-0.2, -0.15) is 0 Å². The molecule has 0 spiro atoms. The molecule has 0 bridgehead atoms. The summed E-state index contributed by atoms with van der Waals surface area (Å²) in [5.41, 5.74) is 7.50. The van der Waals surface area contributed by atoms with Crippen molar-refractivity contribution in [3.05, 3.63) is 59.4 Å². The van der Waals surface area contributed by atoms with Crippen LogP contribution in [0.2, 0.25) is 0 Å². The van der Waals surface area contributed by atoms with Crippen LogP contribution in [0, 0.1) is 11.6 Å². The van der Waals surface area contributed by atoms with E-state index in [-0.39, 0.29) is 6.04 Å². The van der Waals surface area contributed by atoms with Crippen LogP contribution >= 0.6 is 0 Å². The number of halogens is 2. The molecule has 0 amide bonds. The van der Waals surface area contributed by atoms with Crippen LogP contribution < -0.4 is 10.5 Å². The first-order valence-corrected chi connectivity index (χ1v) is 6.37. The molecule has 1 atom stereocenters. The van der Waals surface area contributed by atoms with Gasteiger partial charge < -0.3 is 10.5 Å². The Bertz CT molecular complexity index is 590. The van der Waals surface area contributed by atoms with Crippen molar-refractivity contribution in [1.29, 1.82) is 0 Å². The van der Waals surface area contributed by atoms with Gasteiger partial charge in [0.05, 0.1) is 12.8 Å². The topological polar surface area (TPSA) is 48.1 Å². The fourth-order valence-electron chi connectivity index (χ4n) is 1.92. The zero-order chi connectivity index (χ0) is 14.5. The molecule has 1 unspecified atom stereocenters. The summed E-state index contributed by atoms with van der Waals surface area (Å²) in [6.45, 7) is 2.43. The fourth-order valence-corrected chi connectivity index (χ4v) is 1.92. The molecule has 1 aromatic carbocycles. The summed E-state index contributed by atoms with van der Waals surface area (Å²) in [4.78, 5) is 4.06. The van der Waals surface area contributed by atoms with Gasteiger partial charge in [0.15, 0.2) is 11.6 Å². The van der Waals surface area contributed by atoms with Gasteiger partial charge in [0.25, 0.3) is 0 Å². The largest absolute Gasteiger partial charge is 0.492 e. The maximum Gasteiger partial charge on any atom is 0.159 e. The highest BCUT2D eigenvalue weighted by molar-refractivity contribution is 5.28. The third-order valence-corrected chi connectivity index (χ3v) is 2.91. The minimum Gasteiger partial charge on any atom is -0.492 e. The number of aromatic nitrogens is 1. The second kappa shape index (κ2) is 6.43. The Labute approximate surface area is 116 Å². The molecule has 0 saturated heterocycles. The summed E-state index contributed by atoms with van der Waals surface area (Å²) in [5.74, 6) is -1.08. The number of nitrogens with zero attached hydrogens (tertiary/aromatic N) is 1. The lowest BCUT2D eigenvalue weighted by atomic mass is 10.0. The Morgan fingerprint density at radius 3 is 2.70 bits per heavy atom. The lowest BCUT2D eigenvalue weighted by molar-refractivity contribution is 0.338. The fraction of sp³-hybridized carbons (Fsp3) is 0.267. The normalized spacial score (nSPS) is 12.2. The van der Waals surface area contributed by atoms with E-state index >= 15 is 0 Å². The van der Waals surface area contributed by atoms with Crippen LogP contribution in [0.3, 0.4) is 0 Å². The van der Waals surface area contributed by atoms with Gasteiger partial charge in [-0.15, -0.1) is 0 Å². The Kier molecular flexibility index (Phi) is 4.63. The third kappa shape index (κ3) is 3.51. The molecular weight excluding hydrogens is 262 g/mol. The number of nitrogens with two attached hydrogens (primary N) is 1. The summed E-state index contributed by atoms with van der Waals surface area (Å²) in [7, 11) is 0. The molecule has 0 saturated carbocycles. The molecule has 0 radical (unpaired) electrons. The molecule has 106 valence electrons. The Morgan fingerprint density at radius 2 is 2.00 bits per heavy atom. The van der Waals surface area contributed by atoms with Crippen LogP contribution in [0.4, 0.5) is 8.78 Å². The number of hydrogen-bond donors (Lipinski definition) is 1. The molecule has 1 heterocycles. The van der Waals surface area contributed by atoms with Crippen molar-refractivity contribution in [1.82, 2.24) is 4.98 Å². The lowest BCUT2D eigenvalue weighted by Crippen LogP contribution is -2.14. The Hall–Kier alpha value is -2.01. The summed E-state index contributed by atoms with van der Waals surface area (Å²) in [5, 5.41) is 0. The zero-order valence-electron chi connectivity index (χ0n) is 11.1. The summed E-state index contributed by atoms with van der Waals surface area (Å²) >= 11 is 0. The number of ether oxygens (including phenoxy) is 1. The first-order chi connectivity index (χ1) is 9.60. The molecule has 1 aromatic heterocycles. The van der Waals surface area contributed by atoms with Crippen molar-refractivity contribution in [2.75, 3.05) is 6.61 Å². The van der Waals surface area contributed by atoms with Gasteiger partial charge in [0, 0.05) is 12.2 Å². The van der Waals surface area contributed by atoms with E-state index in [1.807, 2.05) is 6.92 Å². The van der Waals surface area contributed by atoms with Gasteiger partial charge in [0.2, 0.25) is 0 Å². The average molecular weight is 278 g/mol. The Balaban J connectivity index is 2.12. The van der Waals surface area contributed by atoms with E-state index in [0.717, 1.165) is 17.7 Å². The minimum absolute atomic E-state index is 0.354. The number of rotatable bonds is 5. The van der Waals surface area contributed by atoms with Gasteiger partial charge in [-0.25, -0.2) is 8.78 Å². The SMILES string of the molecule is CCOc1cncc(C(N)Cc2ccc(F)c(F)c2)c1. The summed E-state index contributed by atoms with van der Waals surface area (Å²) < 4.78 is 31.4. The molecule has 0 aliphatic carbocycles. The molecular formula is C15H16F2N2O. The number of pyridine rings is 1. The predicted molar refractivity (Wildman–Crippen MR) is 72.4 cm³/mol. The third-order valence-electron chi connectivity index (χ3n) is 2.91.